The van der Waals surface area contributed by atoms with Gasteiger partial charge in [-0.05, 0) is 17.8 Å². The Morgan fingerprint density at radius 1 is 1.27 bits per heavy atom. The molecule has 0 heterocycles. The van der Waals surface area contributed by atoms with Crippen molar-refractivity contribution < 1.29 is 31.9 Å². The van der Waals surface area contributed by atoms with E-state index in [4.69, 9.17) is 0 Å². The van der Waals surface area contributed by atoms with Gasteiger partial charge in [-0.15, -0.1) is 0 Å². The predicted molar refractivity (Wildman–Crippen MR) is 43.2 cm³/mol. The summed E-state index contributed by atoms with van der Waals surface area (Å²) in [6, 6.07) is 0. The van der Waals surface area contributed by atoms with E-state index in [-0.39, 0.29) is 31.9 Å². The van der Waals surface area contributed by atoms with Crippen molar-refractivity contribution in [3.05, 3.63) is 6.92 Å². The Bertz CT molecular complexity index is 76.1. The summed E-state index contributed by atoms with van der Waals surface area (Å²) in [6.07, 6.45) is 2.35. The topological polar surface area (TPSA) is 0 Å². The summed E-state index contributed by atoms with van der Waals surface area (Å²) in [7, 11) is 0. The molecule has 1 unspecified atom stereocenters. The molecule has 0 nitrogen and oxygen atoms in total. The molecule has 1 atom stereocenters. The first-order valence-corrected chi connectivity index (χ1v) is 3.75. The van der Waals surface area contributed by atoms with Gasteiger partial charge in [-0.1, -0.05) is 41.0 Å². The molecule has 0 N–H and O–H groups in total. The molecule has 0 rings (SSSR count). The van der Waals surface area contributed by atoms with E-state index in [0.717, 1.165) is 12.3 Å². The minimum absolute atomic E-state index is 0. The monoisotopic (exact) mass is 226 g/mol. The zero-order valence-electron chi connectivity index (χ0n) is 8.28. The van der Waals surface area contributed by atoms with Crippen LogP contribution in [0.5, 0.6) is 0 Å². The Hall–Kier alpha value is 0.913. The zero-order valence-corrected chi connectivity index (χ0v) is 12.0. The van der Waals surface area contributed by atoms with E-state index in [1.807, 2.05) is 0 Å². The van der Waals surface area contributed by atoms with Gasteiger partial charge in [0.2, 0.25) is 0 Å². The summed E-state index contributed by atoms with van der Waals surface area (Å²) in [5.74, 6) is 0.782. The quantitative estimate of drug-likeness (QED) is 0.596. The van der Waals surface area contributed by atoms with Crippen LogP contribution >= 0.6 is 0 Å². The molecular weight excluding hydrogens is 209 g/mol. The second kappa shape index (κ2) is 7.56. The van der Waals surface area contributed by atoms with Crippen molar-refractivity contribution in [2.45, 2.75) is 40.5 Å². The smallest absolute Gasteiger partial charge is 0 e. The molecule has 0 spiro atoms. The fourth-order valence-electron chi connectivity index (χ4n) is 1.15. The van der Waals surface area contributed by atoms with Crippen LogP contribution in [0, 0.1) is 18.3 Å². The number of halogens is 1. The second-order valence-corrected chi connectivity index (χ2v) is 4.16. The Morgan fingerprint density at radius 2 is 1.64 bits per heavy atom. The van der Waals surface area contributed by atoms with Gasteiger partial charge in [0.1, 0.15) is 0 Å². The van der Waals surface area contributed by atoms with Gasteiger partial charge >= 0.3 is 0 Å². The molecule has 65 valence electrons. The molecule has 2 heteroatoms. The van der Waals surface area contributed by atoms with E-state index >= 15 is 0 Å². The third-order valence-electron chi connectivity index (χ3n) is 1.45. The first-order chi connectivity index (χ1) is 3.95. The molecule has 0 amide bonds. The maximum absolute atomic E-state index is 3.87. The average Bonchev–Trinajstić information content (AvgIpc) is 1.62. The molecule has 0 saturated heterocycles. The Balaban J connectivity index is -0.000000320. The summed E-state index contributed by atoms with van der Waals surface area (Å²) in [4.78, 5) is 0. The number of hydrogen-bond donors (Lipinski definition) is 0. The molecule has 1 radical (unpaired) electrons. The first kappa shape index (κ1) is 17.9. The molecule has 11 heavy (non-hydrogen) atoms. The van der Waals surface area contributed by atoms with Gasteiger partial charge in [0.25, 0.3) is 0 Å². The van der Waals surface area contributed by atoms with Gasteiger partial charge in [-0.25, -0.2) is 0 Å². The van der Waals surface area contributed by atoms with Crippen molar-refractivity contribution in [3.8, 4) is 0 Å². The molecule has 0 aromatic heterocycles. The molecule has 0 aliphatic heterocycles. The average molecular weight is 228 g/mol. The molecular formula is C9H19ClZn-. The van der Waals surface area contributed by atoms with Gasteiger partial charge in [0.05, 0.1) is 0 Å². The van der Waals surface area contributed by atoms with E-state index in [0.29, 0.717) is 5.41 Å². The minimum atomic E-state index is 0. The SMILES string of the molecule is [CH2]CC(C)CC(C)(C)C.[Cl-].[Zn]. The van der Waals surface area contributed by atoms with Gasteiger partial charge in [0, 0.05) is 19.5 Å². The van der Waals surface area contributed by atoms with E-state index < -0.39 is 0 Å². The normalized spacial score (nSPS) is 12.8. The minimum Gasteiger partial charge on any atom is -1.00 e. The van der Waals surface area contributed by atoms with Crippen LogP contribution in [0.4, 0.5) is 0 Å². The molecule has 0 bridgehead atoms. The van der Waals surface area contributed by atoms with Crippen LogP contribution in [0.25, 0.3) is 0 Å². The third-order valence-corrected chi connectivity index (χ3v) is 1.45. The van der Waals surface area contributed by atoms with E-state index in [1.54, 1.807) is 0 Å². The summed E-state index contributed by atoms with van der Waals surface area (Å²) in [5, 5.41) is 0. The molecule has 0 aromatic carbocycles. The molecule has 0 aromatic rings. The summed E-state index contributed by atoms with van der Waals surface area (Å²) < 4.78 is 0. The van der Waals surface area contributed by atoms with Crippen LogP contribution in [0.1, 0.15) is 40.5 Å². The molecule has 0 aliphatic carbocycles. The van der Waals surface area contributed by atoms with Crippen LogP contribution in [0.15, 0.2) is 0 Å². The first-order valence-electron chi connectivity index (χ1n) is 3.75. The Labute approximate surface area is 90.7 Å². The van der Waals surface area contributed by atoms with Crippen molar-refractivity contribution in [2.75, 3.05) is 0 Å². The summed E-state index contributed by atoms with van der Waals surface area (Å²) in [5.41, 5.74) is 0.483. The van der Waals surface area contributed by atoms with E-state index in [2.05, 4.69) is 34.6 Å². The fraction of sp³-hybridized carbons (Fsp3) is 0.889. The van der Waals surface area contributed by atoms with E-state index in [9.17, 15) is 0 Å². The second-order valence-electron chi connectivity index (χ2n) is 4.16. The Kier molecular flexibility index (Phi) is 12.3. The van der Waals surface area contributed by atoms with Gasteiger partial charge < -0.3 is 12.4 Å². The van der Waals surface area contributed by atoms with Crippen LogP contribution < -0.4 is 12.4 Å². The van der Waals surface area contributed by atoms with Crippen LogP contribution in [0.3, 0.4) is 0 Å². The standard InChI is InChI=1S/C9H19.ClH.Zn/c1-6-8(2)7-9(3,4)5;;/h8H,1,6-7H2,2-5H3;1H;/p-1. The molecule has 0 aliphatic rings. The van der Waals surface area contributed by atoms with Crippen LogP contribution in [-0.2, 0) is 19.5 Å². The van der Waals surface area contributed by atoms with Crippen molar-refractivity contribution in [3.63, 3.8) is 0 Å². The van der Waals surface area contributed by atoms with Gasteiger partial charge in [0.15, 0.2) is 0 Å². The molecule has 0 fully saturated rings. The molecule has 0 saturated carbocycles. The number of rotatable bonds is 2. The fourth-order valence-corrected chi connectivity index (χ4v) is 1.15. The predicted octanol–water partition coefficient (Wildman–Crippen LogP) is 0.284. The zero-order chi connectivity index (χ0) is 7.49. The van der Waals surface area contributed by atoms with E-state index in [1.165, 1.54) is 6.42 Å². The van der Waals surface area contributed by atoms with Crippen molar-refractivity contribution >= 4 is 0 Å². The number of hydrogen-bond acceptors (Lipinski definition) is 0. The van der Waals surface area contributed by atoms with Gasteiger partial charge in [-0.2, -0.15) is 0 Å². The van der Waals surface area contributed by atoms with Crippen molar-refractivity contribution in [2.24, 2.45) is 11.3 Å². The van der Waals surface area contributed by atoms with Crippen LogP contribution in [0.2, 0.25) is 0 Å². The largest absolute Gasteiger partial charge is 1.00 e. The van der Waals surface area contributed by atoms with Crippen molar-refractivity contribution in [1.29, 1.82) is 0 Å². The summed E-state index contributed by atoms with van der Waals surface area (Å²) in [6.45, 7) is 13.0. The Morgan fingerprint density at radius 3 is 1.73 bits per heavy atom. The maximum atomic E-state index is 3.87. The third kappa shape index (κ3) is 13.8. The van der Waals surface area contributed by atoms with Gasteiger partial charge in [-0.3, -0.25) is 0 Å². The summed E-state index contributed by atoms with van der Waals surface area (Å²) >= 11 is 0. The maximum Gasteiger partial charge on any atom is 0 e. The van der Waals surface area contributed by atoms with Crippen LogP contribution in [-0.4, -0.2) is 0 Å². The van der Waals surface area contributed by atoms with Crippen molar-refractivity contribution in [1.82, 2.24) is 0 Å².